The second-order valence-electron chi connectivity index (χ2n) is 4.74. The van der Waals surface area contributed by atoms with Crippen molar-refractivity contribution in [1.29, 1.82) is 0 Å². The van der Waals surface area contributed by atoms with Crippen LogP contribution in [-0.2, 0) is 7.05 Å². The molecule has 0 radical (unpaired) electrons. The van der Waals surface area contributed by atoms with Crippen LogP contribution in [0.1, 0.15) is 18.1 Å². The molecule has 2 aromatic rings. The largest absolute Gasteiger partial charge is 0.375 e. The van der Waals surface area contributed by atoms with Crippen molar-refractivity contribution in [2.45, 2.75) is 6.92 Å². The standard InChI is InChI=1S/C17H21N2/c1-4-19(3)17-11-9-15(10-12-17)7-8-16-6-5-13-18(2)14-16/h5-14H,4H2,1-3H3/q+1. The van der Waals surface area contributed by atoms with Gasteiger partial charge in [-0.3, -0.25) is 0 Å². The first-order chi connectivity index (χ1) is 9.19. The van der Waals surface area contributed by atoms with Gasteiger partial charge in [-0.15, -0.1) is 0 Å². The van der Waals surface area contributed by atoms with Gasteiger partial charge in [0, 0.05) is 30.9 Å². The number of benzene rings is 1. The van der Waals surface area contributed by atoms with Gasteiger partial charge in [-0.05, 0) is 36.8 Å². The highest BCUT2D eigenvalue weighted by atomic mass is 15.1. The zero-order valence-electron chi connectivity index (χ0n) is 11.9. The number of anilines is 1. The summed E-state index contributed by atoms with van der Waals surface area (Å²) in [5.41, 5.74) is 3.69. The van der Waals surface area contributed by atoms with Crippen molar-refractivity contribution in [3.8, 4) is 0 Å². The summed E-state index contributed by atoms with van der Waals surface area (Å²) in [6.45, 7) is 3.18. The van der Waals surface area contributed by atoms with Crippen LogP contribution in [0.15, 0.2) is 48.8 Å². The number of rotatable bonds is 4. The highest BCUT2D eigenvalue weighted by Crippen LogP contribution is 2.15. The maximum Gasteiger partial charge on any atom is 0.175 e. The van der Waals surface area contributed by atoms with E-state index in [-0.39, 0.29) is 0 Å². The maximum atomic E-state index is 2.23. The van der Waals surface area contributed by atoms with Crippen LogP contribution in [0.2, 0.25) is 0 Å². The SMILES string of the molecule is CCN(C)c1ccc(C=Cc2ccc[n+](C)c2)cc1. The van der Waals surface area contributed by atoms with Crippen molar-refractivity contribution in [3.63, 3.8) is 0 Å². The Morgan fingerprint density at radius 2 is 1.74 bits per heavy atom. The van der Waals surface area contributed by atoms with Crippen molar-refractivity contribution in [2.75, 3.05) is 18.5 Å². The number of nitrogens with zero attached hydrogens (tertiary/aromatic N) is 2. The van der Waals surface area contributed by atoms with Crippen molar-refractivity contribution in [1.82, 2.24) is 0 Å². The Hall–Kier alpha value is -2.09. The predicted octanol–water partition coefficient (Wildman–Crippen LogP) is 3.14. The minimum atomic E-state index is 1.02. The summed E-state index contributed by atoms with van der Waals surface area (Å²) >= 11 is 0. The van der Waals surface area contributed by atoms with Crippen LogP contribution in [0.25, 0.3) is 12.2 Å². The van der Waals surface area contributed by atoms with E-state index in [1.54, 1.807) is 0 Å². The second kappa shape index (κ2) is 6.19. The molecule has 0 atom stereocenters. The first-order valence-electron chi connectivity index (χ1n) is 6.63. The van der Waals surface area contributed by atoms with E-state index in [2.05, 4.69) is 78.2 Å². The first-order valence-corrected chi connectivity index (χ1v) is 6.63. The highest BCUT2D eigenvalue weighted by molar-refractivity contribution is 5.69. The smallest absolute Gasteiger partial charge is 0.175 e. The van der Waals surface area contributed by atoms with Gasteiger partial charge >= 0.3 is 0 Å². The number of hydrogen-bond acceptors (Lipinski definition) is 1. The Morgan fingerprint density at radius 3 is 2.37 bits per heavy atom. The van der Waals surface area contributed by atoms with Crippen LogP contribution in [0.4, 0.5) is 5.69 Å². The van der Waals surface area contributed by atoms with Gasteiger partial charge in [0.2, 0.25) is 0 Å². The summed E-state index contributed by atoms with van der Waals surface area (Å²) in [6.07, 6.45) is 8.42. The van der Waals surface area contributed by atoms with Crippen LogP contribution >= 0.6 is 0 Å². The van der Waals surface area contributed by atoms with Crippen LogP contribution in [0.5, 0.6) is 0 Å². The lowest BCUT2D eigenvalue weighted by molar-refractivity contribution is -0.671. The molecule has 0 spiro atoms. The van der Waals surface area contributed by atoms with Gasteiger partial charge in [-0.2, -0.15) is 0 Å². The van der Waals surface area contributed by atoms with Gasteiger partial charge in [-0.25, -0.2) is 4.57 Å². The van der Waals surface area contributed by atoms with Crippen LogP contribution in [0.3, 0.4) is 0 Å². The van der Waals surface area contributed by atoms with E-state index in [1.165, 1.54) is 16.8 Å². The number of aromatic nitrogens is 1. The van der Waals surface area contributed by atoms with E-state index in [9.17, 15) is 0 Å². The molecular weight excluding hydrogens is 232 g/mol. The molecule has 98 valence electrons. The zero-order valence-corrected chi connectivity index (χ0v) is 11.9. The van der Waals surface area contributed by atoms with Crippen LogP contribution < -0.4 is 9.47 Å². The van der Waals surface area contributed by atoms with Crippen LogP contribution in [0, 0.1) is 0 Å². The van der Waals surface area contributed by atoms with Gasteiger partial charge in [0.05, 0.1) is 0 Å². The molecule has 0 saturated carbocycles. The van der Waals surface area contributed by atoms with Crippen molar-refractivity contribution < 1.29 is 4.57 Å². The van der Waals surface area contributed by atoms with Gasteiger partial charge < -0.3 is 4.90 Å². The number of hydrogen-bond donors (Lipinski definition) is 0. The third-order valence-electron chi connectivity index (χ3n) is 3.24. The zero-order chi connectivity index (χ0) is 13.7. The van der Waals surface area contributed by atoms with E-state index in [1.807, 2.05) is 13.2 Å². The fraction of sp³-hybridized carbons (Fsp3) is 0.235. The molecule has 0 saturated heterocycles. The summed E-state index contributed by atoms with van der Waals surface area (Å²) in [5.74, 6) is 0. The molecule has 0 bridgehead atoms. The molecule has 1 aromatic heterocycles. The summed E-state index contributed by atoms with van der Waals surface area (Å²) in [7, 11) is 4.14. The monoisotopic (exact) mass is 253 g/mol. The Morgan fingerprint density at radius 1 is 1.05 bits per heavy atom. The fourth-order valence-electron chi connectivity index (χ4n) is 1.92. The molecule has 0 N–H and O–H groups in total. The third-order valence-corrected chi connectivity index (χ3v) is 3.24. The lowest BCUT2D eigenvalue weighted by Crippen LogP contribution is -2.26. The molecule has 0 aliphatic carbocycles. The summed E-state index contributed by atoms with van der Waals surface area (Å²) in [5, 5.41) is 0. The lowest BCUT2D eigenvalue weighted by Gasteiger charge is -2.16. The van der Waals surface area contributed by atoms with Crippen molar-refractivity contribution in [3.05, 3.63) is 59.9 Å². The topological polar surface area (TPSA) is 7.12 Å². The summed E-state index contributed by atoms with van der Waals surface area (Å²) in [6, 6.07) is 12.8. The minimum Gasteiger partial charge on any atom is -0.375 e. The van der Waals surface area contributed by atoms with Gasteiger partial charge in [-0.1, -0.05) is 18.2 Å². The Balaban J connectivity index is 2.11. The molecule has 0 fully saturated rings. The predicted molar refractivity (Wildman–Crippen MR) is 81.9 cm³/mol. The third kappa shape index (κ3) is 3.68. The molecule has 0 aliphatic rings. The average Bonchev–Trinajstić information content (AvgIpc) is 2.45. The quantitative estimate of drug-likeness (QED) is 0.759. The minimum absolute atomic E-state index is 1.02. The molecule has 2 rings (SSSR count). The van der Waals surface area contributed by atoms with Gasteiger partial charge in [0.15, 0.2) is 12.4 Å². The molecule has 19 heavy (non-hydrogen) atoms. The summed E-state index contributed by atoms with van der Waals surface area (Å²) in [4.78, 5) is 2.23. The first kappa shape index (κ1) is 13.3. The molecule has 1 heterocycles. The Bertz CT molecular complexity index is 556. The highest BCUT2D eigenvalue weighted by Gasteiger charge is 1.97. The average molecular weight is 253 g/mol. The van der Waals surface area contributed by atoms with Crippen LogP contribution in [-0.4, -0.2) is 13.6 Å². The van der Waals surface area contributed by atoms with Crippen molar-refractivity contribution >= 4 is 17.8 Å². The molecule has 2 nitrogen and oxygen atoms in total. The van der Waals surface area contributed by atoms with E-state index in [0.717, 1.165) is 6.54 Å². The van der Waals surface area contributed by atoms with Gasteiger partial charge in [0.1, 0.15) is 7.05 Å². The fourth-order valence-corrected chi connectivity index (χ4v) is 1.92. The Kier molecular flexibility index (Phi) is 4.35. The number of aryl methyl sites for hydroxylation is 1. The molecule has 0 aliphatic heterocycles. The molecule has 0 amide bonds. The summed E-state index contributed by atoms with van der Waals surface area (Å²) < 4.78 is 2.05. The normalized spacial score (nSPS) is 10.9. The molecule has 2 heteroatoms. The van der Waals surface area contributed by atoms with Crippen molar-refractivity contribution in [2.24, 2.45) is 7.05 Å². The van der Waals surface area contributed by atoms with E-state index >= 15 is 0 Å². The lowest BCUT2D eigenvalue weighted by atomic mass is 10.1. The second-order valence-corrected chi connectivity index (χ2v) is 4.74. The number of pyridine rings is 1. The molecule has 1 aromatic carbocycles. The molecular formula is C17H21N2+. The maximum absolute atomic E-state index is 2.23. The molecule has 0 unspecified atom stereocenters. The van der Waals surface area contributed by atoms with E-state index < -0.39 is 0 Å². The van der Waals surface area contributed by atoms with Gasteiger partial charge in [0.25, 0.3) is 0 Å². The van der Waals surface area contributed by atoms with E-state index in [4.69, 9.17) is 0 Å². The van der Waals surface area contributed by atoms with E-state index in [0.29, 0.717) is 0 Å². The Labute approximate surface area is 115 Å².